The van der Waals surface area contributed by atoms with Gasteiger partial charge in [-0.15, -0.1) is 0 Å². The van der Waals surface area contributed by atoms with Gasteiger partial charge in [0.25, 0.3) is 0 Å². The molecule has 0 amide bonds. The molecule has 0 spiro atoms. The normalized spacial score (nSPS) is 28.2. The van der Waals surface area contributed by atoms with Crippen molar-refractivity contribution in [3.8, 4) is 11.5 Å². The molecule has 3 rings (SSSR count). The summed E-state index contributed by atoms with van der Waals surface area (Å²) in [5, 5.41) is 29.3. The van der Waals surface area contributed by atoms with Crippen molar-refractivity contribution in [3.63, 3.8) is 0 Å². The number of rotatable bonds is 1. The third kappa shape index (κ3) is 1.67. The Morgan fingerprint density at radius 2 is 2.20 bits per heavy atom. The van der Waals surface area contributed by atoms with Crippen LogP contribution in [0.3, 0.4) is 0 Å². The van der Waals surface area contributed by atoms with Crippen LogP contribution in [-0.2, 0) is 6.61 Å². The molecule has 1 aliphatic carbocycles. The predicted molar refractivity (Wildman–Crippen MR) is 70.7 cm³/mol. The number of ketones is 1. The molecule has 5 heteroatoms. The third-order valence-corrected chi connectivity index (χ3v) is 4.08. The molecule has 1 aliphatic heterocycles. The molecule has 0 fully saturated rings. The van der Waals surface area contributed by atoms with E-state index in [0.29, 0.717) is 24.0 Å². The van der Waals surface area contributed by atoms with Crippen LogP contribution in [-0.4, -0.2) is 32.8 Å². The number of ether oxygens (including phenoxy) is 1. The molecule has 0 radical (unpaired) electrons. The minimum absolute atomic E-state index is 0.0972. The van der Waals surface area contributed by atoms with Crippen molar-refractivity contribution >= 4 is 5.78 Å². The number of hydrogen-bond donors (Lipinski definition) is 3. The van der Waals surface area contributed by atoms with Crippen LogP contribution in [0.15, 0.2) is 23.8 Å². The van der Waals surface area contributed by atoms with E-state index in [-0.39, 0.29) is 29.5 Å². The van der Waals surface area contributed by atoms with Crippen molar-refractivity contribution in [2.75, 3.05) is 0 Å². The van der Waals surface area contributed by atoms with Gasteiger partial charge in [-0.2, -0.15) is 0 Å². The Balaban J connectivity index is 2.20. The Kier molecular flexibility index (Phi) is 2.84. The first kappa shape index (κ1) is 13.1. The summed E-state index contributed by atoms with van der Waals surface area (Å²) in [5.41, 5.74) is -0.158. The molecule has 0 saturated carbocycles. The minimum atomic E-state index is -1.09. The maximum atomic E-state index is 12.5. The van der Waals surface area contributed by atoms with Gasteiger partial charge in [-0.3, -0.25) is 4.79 Å². The van der Waals surface area contributed by atoms with Gasteiger partial charge in [-0.05, 0) is 37.5 Å². The zero-order chi connectivity index (χ0) is 14.5. The molecule has 5 nitrogen and oxygen atoms in total. The predicted octanol–water partition coefficient (Wildman–Crippen LogP) is 1.30. The lowest BCUT2D eigenvalue weighted by Crippen LogP contribution is -2.52. The molecule has 0 aromatic heterocycles. The average molecular weight is 276 g/mol. The summed E-state index contributed by atoms with van der Waals surface area (Å²) >= 11 is 0. The van der Waals surface area contributed by atoms with Gasteiger partial charge in [0, 0.05) is 5.57 Å². The van der Waals surface area contributed by atoms with Crippen molar-refractivity contribution in [1.82, 2.24) is 0 Å². The quantitative estimate of drug-likeness (QED) is 0.719. The molecule has 0 unspecified atom stereocenters. The summed E-state index contributed by atoms with van der Waals surface area (Å²) in [6.07, 6.45) is 2.11. The topological polar surface area (TPSA) is 87.0 Å². The molecule has 0 bridgehead atoms. The molecule has 2 atom stereocenters. The Morgan fingerprint density at radius 1 is 1.45 bits per heavy atom. The number of aliphatic hydroxyl groups excluding tert-OH is 2. The van der Waals surface area contributed by atoms with Crippen LogP contribution in [0.25, 0.3) is 0 Å². The SMILES string of the molecule is C[C@]12Oc3cc(CO)cc(O)c3C(=O)C1=CCC[C@@H]2O. The molecular formula is C15H16O5. The zero-order valence-electron chi connectivity index (χ0n) is 11.1. The van der Waals surface area contributed by atoms with Gasteiger partial charge in [0.1, 0.15) is 17.1 Å². The fraction of sp³-hybridized carbons (Fsp3) is 0.400. The molecule has 1 heterocycles. The van der Waals surface area contributed by atoms with E-state index >= 15 is 0 Å². The number of phenolic OH excluding ortho intramolecular Hbond substituents is 1. The molecule has 20 heavy (non-hydrogen) atoms. The number of carbonyl (C=O) groups is 1. The maximum Gasteiger partial charge on any atom is 0.200 e. The minimum Gasteiger partial charge on any atom is -0.507 e. The molecule has 2 aliphatic rings. The van der Waals surface area contributed by atoms with E-state index in [1.807, 2.05) is 0 Å². The number of fused-ring (bicyclic) bond motifs is 2. The number of aliphatic hydroxyl groups is 2. The van der Waals surface area contributed by atoms with Crippen LogP contribution in [0, 0.1) is 0 Å². The van der Waals surface area contributed by atoms with Gasteiger partial charge in [-0.25, -0.2) is 0 Å². The van der Waals surface area contributed by atoms with Crippen LogP contribution >= 0.6 is 0 Å². The number of Topliss-reactive ketones (excluding diaryl/α,β-unsaturated/α-hetero) is 1. The highest BCUT2D eigenvalue weighted by Gasteiger charge is 2.49. The number of phenols is 1. The summed E-state index contributed by atoms with van der Waals surface area (Å²) in [5.74, 6) is -0.325. The van der Waals surface area contributed by atoms with Gasteiger partial charge >= 0.3 is 0 Å². The van der Waals surface area contributed by atoms with E-state index in [4.69, 9.17) is 9.84 Å². The van der Waals surface area contributed by atoms with Crippen LogP contribution in [0.5, 0.6) is 11.5 Å². The molecule has 106 valence electrons. The molecular weight excluding hydrogens is 260 g/mol. The molecule has 1 aromatic carbocycles. The largest absolute Gasteiger partial charge is 0.507 e. The number of benzene rings is 1. The van der Waals surface area contributed by atoms with Crippen molar-refractivity contribution < 1.29 is 24.9 Å². The first-order valence-electron chi connectivity index (χ1n) is 6.56. The van der Waals surface area contributed by atoms with E-state index in [9.17, 15) is 15.0 Å². The van der Waals surface area contributed by atoms with Gasteiger partial charge in [0.2, 0.25) is 0 Å². The second-order valence-corrected chi connectivity index (χ2v) is 5.40. The third-order valence-electron chi connectivity index (χ3n) is 4.08. The van der Waals surface area contributed by atoms with Crippen molar-refractivity contribution in [2.24, 2.45) is 0 Å². The first-order chi connectivity index (χ1) is 9.47. The molecule has 3 N–H and O–H groups in total. The van der Waals surface area contributed by atoms with Crippen molar-refractivity contribution in [1.29, 1.82) is 0 Å². The lowest BCUT2D eigenvalue weighted by atomic mass is 9.76. The average Bonchev–Trinajstić information content (AvgIpc) is 2.40. The summed E-state index contributed by atoms with van der Waals surface area (Å²) in [6.45, 7) is 1.41. The fourth-order valence-electron chi connectivity index (χ4n) is 2.90. The van der Waals surface area contributed by atoms with Gasteiger partial charge in [0.05, 0.1) is 12.7 Å². The van der Waals surface area contributed by atoms with Crippen LogP contribution in [0.4, 0.5) is 0 Å². The van der Waals surface area contributed by atoms with E-state index in [2.05, 4.69) is 0 Å². The number of hydrogen-bond acceptors (Lipinski definition) is 5. The van der Waals surface area contributed by atoms with Crippen LogP contribution in [0.1, 0.15) is 35.7 Å². The fourth-order valence-corrected chi connectivity index (χ4v) is 2.90. The van der Waals surface area contributed by atoms with Crippen molar-refractivity contribution in [3.05, 3.63) is 34.9 Å². The van der Waals surface area contributed by atoms with Crippen molar-refractivity contribution in [2.45, 2.75) is 38.1 Å². The molecule has 1 aromatic rings. The highest BCUT2D eigenvalue weighted by molar-refractivity contribution is 6.14. The van der Waals surface area contributed by atoms with Gasteiger partial charge in [-0.1, -0.05) is 6.08 Å². The Hall–Kier alpha value is -1.85. The van der Waals surface area contributed by atoms with E-state index in [1.54, 1.807) is 13.0 Å². The highest BCUT2D eigenvalue weighted by atomic mass is 16.5. The molecule has 0 saturated heterocycles. The van der Waals surface area contributed by atoms with Crippen LogP contribution < -0.4 is 4.74 Å². The van der Waals surface area contributed by atoms with E-state index in [0.717, 1.165) is 0 Å². The standard InChI is InChI=1S/C15H16O5/c1-15-9(3-2-4-12(15)18)14(19)13-10(17)5-8(7-16)6-11(13)20-15/h3,5-6,12,16-18H,2,4,7H2,1H3/t12-,15-/m0/s1. The monoisotopic (exact) mass is 276 g/mol. The Labute approximate surface area is 116 Å². The van der Waals surface area contributed by atoms with E-state index < -0.39 is 11.7 Å². The Bertz CT molecular complexity index is 619. The number of aromatic hydroxyl groups is 1. The zero-order valence-corrected chi connectivity index (χ0v) is 11.1. The van der Waals surface area contributed by atoms with Gasteiger partial charge < -0.3 is 20.1 Å². The number of carbonyl (C=O) groups excluding carboxylic acids is 1. The summed E-state index contributed by atoms with van der Waals surface area (Å²) in [7, 11) is 0. The van der Waals surface area contributed by atoms with E-state index in [1.165, 1.54) is 12.1 Å². The smallest absolute Gasteiger partial charge is 0.200 e. The number of allylic oxidation sites excluding steroid dienone is 1. The maximum absolute atomic E-state index is 12.5. The highest BCUT2D eigenvalue weighted by Crippen LogP contribution is 2.45. The lowest BCUT2D eigenvalue weighted by molar-refractivity contribution is -0.0285. The summed E-state index contributed by atoms with van der Waals surface area (Å²) in [6, 6.07) is 2.87. The lowest BCUT2D eigenvalue weighted by Gasteiger charge is -2.42. The van der Waals surface area contributed by atoms with Gasteiger partial charge in [0.15, 0.2) is 11.4 Å². The second kappa shape index (κ2) is 4.33. The first-order valence-corrected chi connectivity index (χ1v) is 6.56. The summed E-state index contributed by atoms with van der Waals surface area (Å²) in [4.78, 5) is 12.5. The summed E-state index contributed by atoms with van der Waals surface area (Å²) < 4.78 is 5.82. The second-order valence-electron chi connectivity index (χ2n) is 5.40. The van der Waals surface area contributed by atoms with Crippen LogP contribution in [0.2, 0.25) is 0 Å². The Morgan fingerprint density at radius 3 is 2.90 bits per heavy atom.